The maximum atomic E-state index is 12.8. The minimum atomic E-state index is -4.24. The molecule has 2 aliphatic rings. The average molecular weight is 311 g/mol. The number of piperidine rings is 1. The van der Waals surface area contributed by atoms with Crippen LogP contribution in [0, 0.1) is 0 Å². The Balaban J connectivity index is 1.61. The van der Waals surface area contributed by atoms with Crippen molar-refractivity contribution in [2.45, 2.75) is 63.1 Å². The summed E-state index contributed by atoms with van der Waals surface area (Å²) in [4.78, 5) is 2.60. The van der Waals surface area contributed by atoms with E-state index in [1.54, 1.807) is 6.07 Å². The molecule has 3 rings (SSSR count). The standard InChI is InChI=1S/C18H24F3N/c19-18(20,21)16-6-4-5-15(13-16)14-7-9-17(10-8-14)22-11-2-1-3-12-22/h4-6,13-14,17H,1-3,7-12H2. The first-order chi connectivity index (χ1) is 10.5. The van der Waals surface area contributed by atoms with Gasteiger partial charge in [0.2, 0.25) is 0 Å². The minimum Gasteiger partial charge on any atom is -0.300 e. The lowest BCUT2D eigenvalue weighted by Gasteiger charge is -2.39. The zero-order valence-corrected chi connectivity index (χ0v) is 12.9. The molecule has 22 heavy (non-hydrogen) atoms. The molecule has 0 aromatic heterocycles. The molecule has 0 radical (unpaired) electrons. The first-order valence-electron chi connectivity index (χ1n) is 8.45. The molecule has 1 aromatic rings. The molecule has 0 bridgehead atoms. The first-order valence-corrected chi connectivity index (χ1v) is 8.45. The van der Waals surface area contributed by atoms with Gasteiger partial charge in [-0.1, -0.05) is 24.6 Å². The topological polar surface area (TPSA) is 3.24 Å². The number of benzene rings is 1. The van der Waals surface area contributed by atoms with E-state index in [4.69, 9.17) is 0 Å². The molecule has 0 spiro atoms. The van der Waals surface area contributed by atoms with Gasteiger partial charge in [-0.25, -0.2) is 0 Å². The largest absolute Gasteiger partial charge is 0.416 e. The van der Waals surface area contributed by atoms with Crippen LogP contribution in [0.5, 0.6) is 0 Å². The molecule has 1 saturated heterocycles. The van der Waals surface area contributed by atoms with Gasteiger partial charge in [0, 0.05) is 6.04 Å². The SMILES string of the molecule is FC(F)(F)c1cccc(C2CCC(N3CCCCC3)CC2)c1. The van der Waals surface area contributed by atoms with Gasteiger partial charge in [0.25, 0.3) is 0 Å². The number of hydrogen-bond acceptors (Lipinski definition) is 1. The summed E-state index contributed by atoms with van der Waals surface area (Å²) in [6.45, 7) is 2.41. The quantitative estimate of drug-likeness (QED) is 0.724. The second-order valence-electron chi connectivity index (χ2n) is 6.73. The lowest BCUT2D eigenvalue weighted by atomic mass is 9.80. The van der Waals surface area contributed by atoms with Crippen molar-refractivity contribution in [1.82, 2.24) is 4.90 Å². The second-order valence-corrected chi connectivity index (χ2v) is 6.73. The maximum absolute atomic E-state index is 12.8. The Bertz CT molecular complexity index is 483. The fourth-order valence-electron chi connectivity index (χ4n) is 4.03. The normalized spacial score (nSPS) is 27.8. The molecule has 0 atom stereocenters. The molecular formula is C18H24F3N. The molecule has 2 fully saturated rings. The Kier molecular flexibility index (Phi) is 4.76. The van der Waals surface area contributed by atoms with E-state index in [1.165, 1.54) is 44.5 Å². The van der Waals surface area contributed by atoms with Crippen LogP contribution in [0.25, 0.3) is 0 Å². The molecule has 122 valence electrons. The molecule has 1 aliphatic carbocycles. The van der Waals surface area contributed by atoms with Crippen molar-refractivity contribution in [2.75, 3.05) is 13.1 Å². The van der Waals surface area contributed by atoms with Gasteiger partial charge in [-0.05, 0) is 69.2 Å². The van der Waals surface area contributed by atoms with Crippen molar-refractivity contribution in [1.29, 1.82) is 0 Å². The van der Waals surface area contributed by atoms with Crippen LogP contribution in [0.15, 0.2) is 24.3 Å². The van der Waals surface area contributed by atoms with Gasteiger partial charge < -0.3 is 4.90 Å². The van der Waals surface area contributed by atoms with Crippen LogP contribution in [0.1, 0.15) is 62.0 Å². The number of hydrogen-bond donors (Lipinski definition) is 0. The number of likely N-dealkylation sites (tertiary alicyclic amines) is 1. The molecule has 1 heterocycles. The fraction of sp³-hybridized carbons (Fsp3) is 0.667. The zero-order chi connectivity index (χ0) is 15.6. The molecule has 1 aromatic carbocycles. The number of nitrogens with zero attached hydrogens (tertiary/aromatic N) is 1. The summed E-state index contributed by atoms with van der Waals surface area (Å²) in [5, 5.41) is 0. The third kappa shape index (κ3) is 3.65. The van der Waals surface area contributed by atoms with E-state index >= 15 is 0 Å². The van der Waals surface area contributed by atoms with E-state index in [2.05, 4.69) is 4.90 Å². The summed E-state index contributed by atoms with van der Waals surface area (Å²) in [6, 6.07) is 6.59. The summed E-state index contributed by atoms with van der Waals surface area (Å²) >= 11 is 0. The van der Waals surface area contributed by atoms with Gasteiger partial charge in [-0.2, -0.15) is 13.2 Å². The van der Waals surface area contributed by atoms with Crippen molar-refractivity contribution >= 4 is 0 Å². The van der Waals surface area contributed by atoms with Crippen LogP contribution >= 0.6 is 0 Å². The van der Waals surface area contributed by atoms with Gasteiger partial charge in [0.1, 0.15) is 0 Å². The molecule has 1 saturated carbocycles. The highest BCUT2D eigenvalue weighted by Gasteiger charge is 2.32. The first kappa shape index (κ1) is 15.9. The van der Waals surface area contributed by atoms with Crippen molar-refractivity contribution in [3.05, 3.63) is 35.4 Å². The van der Waals surface area contributed by atoms with Crippen LogP contribution in [0.4, 0.5) is 13.2 Å². The van der Waals surface area contributed by atoms with Crippen LogP contribution < -0.4 is 0 Å². The molecule has 0 unspecified atom stereocenters. The molecule has 1 nitrogen and oxygen atoms in total. The molecule has 0 amide bonds. The Morgan fingerprint density at radius 1 is 0.909 bits per heavy atom. The summed E-state index contributed by atoms with van der Waals surface area (Å²) in [7, 11) is 0. The third-order valence-corrected chi connectivity index (χ3v) is 5.29. The van der Waals surface area contributed by atoms with Crippen LogP contribution in [0.3, 0.4) is 0 Å². The average Bonchev–Trinajstić information content (AvgIpc) is 2.55. The van der Waals surface area contributed by atoms with E-state index in [0.29, 0.717) is 12.0 Å². The third-order valence-electron chi connectivity index (χ3n) is 5.29. The molecule has 0 N–H and O–H groups in total. The van der Waals surface area contributed by atoms with Crippen LogP contribution in [0.2, 0.25) is 0 Å². The zero-order valence-electron chi connectivity index (χ0n) is 12.9. The summed E-state index contributed by atoms with van der Waals surface area (Å²) in [5.41, 5.74) is 0.357. The summed E-state index contributed by atoms with van der Waals surface area (Å²) in [6.07, 6.45) is 3.99. The summed E-state index contributed by atoms with van der Waals surface area (Å²) in [5.74, 6) is 0.295. The van der Waals surface area contributed by atoms with Gasteiger partial charge in [0.15, 0.2) is 0 Å². The predicted octanol–water partition coefficient (Wildman–Crippen LogP) is 5.22. The van der Waals surface area contributed by atoms with Gasteiger partial charge in [-0.15, -0.1) is 0 Å². The molecule has 1 aliphatic heterocycles. The van der Waals surface area contributed by atoms with Crippen molar-refractivity contribution < 1.29 is 13.2 Å². The Morgan fingerprint density at radius 2 is 1.59 bits per heavy atom. The lowest BCUT2D eigenvalue weighted by Crippen LogP contribution is -2.41. The van der Waals surface area contributed by atoms with E-state index in [1.807, 2.05) is 6.07 Å². The Morgan fingerprint density at radius 3 is 2.23 bits per heavy atom. The van der Waals surface area contributed by atoms with Crippen LogP contribution in [-0.2, 0) is 6.18 Å². The monoisotopic (exact) mass is 311 g/mol. The molecule has 4 heteroatoms. The molecular weight excluding hydrogens is 287 g/mol. The highest BCUT2D eigenvalue weighted by Crippen LogP contribution is 2.38. The fourth-order valence-corrected chi connectivity index (χ4v) is 4.03. The number of alkyl halides is 3. The van der Waals surface area contributed by atoms with E-state index in [0.717, 1.165) is 31.2 Å². The van der Waals surface area contributed by atoms with E-state index < -0.39 is 11.7 Å². The highest BCUT2D eigenvalue weighted by atomic mass is 19.4. The van der Waals surface area contributed by atoms with Crippen molar-refractivity contribution in [2.24, 2.45) is 0 Å². The number of rotatable bonds is 2. The smallest absolute Gasteiger partial charge is 0.300 e. The van der Waals surface area contributed by atoms with Gasteiger partial charge in [0.05, 0.1) is 5.56 Å². The predicted molar refractivity (Wildman–Crippen MR) is 81.9 cm³/mol. The van der Waals surface area contributed by atoms with Crippen molar-refractivity contribution in [3.63, 3.8) is 0 Å². The van der Waals surface area contributed by atoms with Crippen molar-refractivity contribution in [3.8, 4) is 0 Å². The minimum absolute atomic E-state index is 0.295. The van der Waals surface area contributed by atoms with E-state index in [9.17, 15) is 13.2 Å². The maximum Gasteiger partial charge on any atom is 0.416 e. The van der Waals surface area contributed by atoms with Gasteiger partial charge in [-0.3, -0.25) is 0 Å². The Labute approximate surface area is 130 Å². The number of halogens is 3. The lowest BCUT2D eigenvalue weighted by molar-refractivity contribution is -0.137. The van der Waals surface area contributed by atoms with E-state index in [-0.39, 0.29) is 0 Å². The second kappa shape index (κ2) is 6.61. The summed E-state index contributed by atoms with van der Waals surface area (Å²) < 4.78 is 38.5. The Hall–Kier alpha value is -1.03. The van der Waals surface area contributed by atoms with Crippen LogP contribution in [-0.4, -0.2) is 24.0 Å². The van der Waals surface area contributed by atoms with Gasteiger partial charge >= 0.3 is 6.18 Å². The highest BCUT2D eigenvalue weighted by molar-refractivity contribution is 5.28.